The zero-order valence-corrected chi connectivity index (χ0v) is 17.8. The molecule has 0 aliphatic heterocycles. The van der Waals surface area contributed by atoms with Gasteiger partial charge in [0.15, 0.2) is 5.03 Å². The van der Waals surface area contributed by atoms with E-state index in [2.05, 4.69) is 9.97 Å². The van der Waals surface area contributed by atoms with Gasteiger partial charge in [-0.2, -0.15) is 13.2 Å². The van der Waals surface area contributed by atoms with Crippen LogP contribution in [0.15, 0.2) is 63.8 Å². The van der Waals surface area contributed by atoms with E-state index in [1.54, 1.807) is 32.0 Å². The Morgan fingerprint density at radius 1 is 1.16 bits per heavy atom. The molecule has 0 spiro atoms. The summed E-state index contributed by atoms with van der Waals surface area (Å²) in [6, 6.07) is 7.26. The van der Waals surface area contributed by atoms with E-state index in [0.717, 1.165) is 29.6 Å². The maximum Gasteiger partial charge on any atom is 0.417 e. The normalized spacial score (nSPS) is 12.1. The SMILES string of the molecule is Cc1cc(-n2ccnc(Sc3ccc(C(F)(F)F)cn3)c2=O)ccc1OCC(C)(C)O. The molecule has 31 heavy (non-hydrogen) atoms. The molecule has 3 rings (SSSR count). The number of pyridine rings is 1. The Hall–Kier alpha value is -2.85. The van der Waals surface area contributed by atoms with Crippen molar-refractivity contribution in [2.45, 2.75) is 42.6 Å². The van der Waals surface area contributed by atoms with E-state index < -0.39 is 22.9 Å². The Morgan fingerprint density at radius 2 is 1.90 bits per heavy atom. The van der Waals surface area contributed by atoms with E-state index in [4.69, 9.17) is 4.74 Å². The molecule has 2 aromatic heterocycles. The number of rotatable bonds is 6. The number of nitrogens with zero attached hydrogens (tertiary/aromatic N) is 3. The minimum atomic E-state index is -4.48. The lowest BCUT2D eigenvalue weighted by molar-refractivity contribution is -0.137. The predicted octanol–water partition coefficient (Wildman–Crippen LogP) is 4.26. The summed E-state index contributed by atoms with van der Waals surface area (Å²) in [6.07, 6.45) is -0.825. The van der Waals surface area contributed by atoms with Crippen molar-refractivity contribution >= 4 is 11.8 Å². The van der Waals surface area contributed by atoms with Gasteiger partial charge in [0.2, 0.25) is 0 Å². The van der Waals surface area contributed by atoms with E-state index in [0.29, 0.717) is 11.4 Å². The highest BCUT2D eigenvalue weighted by Crippen LogP contribution is 2.30. The topological polar surface area (TPSA) is 77.2 Å². The highest BCUT2D eigenvalue weighted by atomic mass is 32.2. The van der Waals surface area contributed by atoms with E-state index >= 15 is 0 Å². The first-order valence-corrected chi connectivity index (χ1v) is 10.0. The van der Waals surface area contributed by atoms with Crippen LogP contribution in [0.2, 0.25) is 0 Å². The van der Waals surface area contributed by atoms with Crippen molar-refractivity contribution in [1.82, 2.24) is 14.5 Å². The highest BCUT2D eigenvalue weighted by molar-refractivity contribution is 7.99. The molecule has 164 valence electrons. The summed E-state index contributed by atoms with van der Waals surface area (Å²) in [5.41, 5.74) is -0.936. The van der Waals surface area contributed by atoms with Crippen LogP contribution in [-0.2, 0) is 6.18 Å². The quantitative estimate of drug-likeness (QED) is 0.604. The fraction of sp³-hybridized carbons (Fsp3) is 0.286. The van der Waals surface area contributed by atoms with Crippen LogP contribution in [0.4, 0.5) is 13.2 Å². The largest absolute Gasteiger partial charge is 0.490 e. The van der Waals surface area contributed by atoms with Gasteiger partial charge in [-0.1, -0.05) is 0 Å². The maximum atomic E-state index is 12.9. The molecule has 0 radical (unpaired) electrons. The summed E-state index contributed by atoms with van der Waals surface area (Å²) in [7, 11) is 0. The van der Waals surface area contributed by atoms with Gasteiger partial charge < -0.3 is 9.84 Å². The summed E-state index contributed by atoms with van der Waals surface area (Å²) >= 11 is 0.885. The summed E-state index contributed by atoms with van der Waals surface area (Å²) in [5, 5.41) is 10.1. The van der Waals surface area contributed by atoms with Gasteiger partial charge in [0.1, 0.15) is 17.4 Å². The lowest BCUT2D eigenvalue weighted by Gasteiger charge is -2.19. The number of benzene rings is 1. The van der Waals surface area contributed by atoms with Crippen LogP contribution in [0.3, 0.4) is 0 Å². The molecule has 0 fully saturated rings. The van der Waals surface area contributed by atoms with E-state index in [-0.39, 0.29) is 16.7 Å². The zero-order chi connectivity index (χ0) is 22.8. The van der Waals surface area contributed by atoms with E-state index in [1.165, 1.54) is 23.0 Å². The molecule has 0 saturated heterocycles. The molecule has 0 aliphatic carbocycles. The van der Waals surface area contributed by atoms with E-state index in [1.807, 2.05) is 6.92 Å². The van der Waals surface area contributed by atoms with Crippen molar-refractivity contribution in [3.05, 3.63) is 70.4 Å². The fourth-order valence-electron chi connectivity index (χ4n) is 2.57. The van der Waals surface area contributed by atoms with Crippen molar-refractivity contribution in [2.75, 3.05) is 6.61 Å². The third-order valence-corrected chi connectivity index (χ3v) is 5.02. The van der Waals surface area contributed by atoms with Gasteiger partial charge in [-0.3, -0.25) is 9.36 Å². The van der Waals surface area contributed by atoms with Gasteiger partial charge in [-0.25, -0.2) is 9.97 Å². The van der Waals surface area contributed by atoms with Crippen molar-refractivity contribution < 1.29 is 23.0 Å². The molecule has 0 aliphatic rings. The van der Waals surface area contributed by atoms with E-state index in [9.17, 15) is 23.1 Å². The van der Waals surface area contributed by atoms with Crippen LogP contribution in [0.25, 0.3) is 5.69 Å². The van der Waals surface area contributed by atoms with Gasteiger partial charge in [-0.15, -0.1) is 0 Å². The molecule has 2 heterocycles. The second-order valence-corrected chi connectivity index (χ2v) is 8.45. The van der Waals surface area contributed by atoms with Crippen LogP contribution in [-0.4, -0.2) is 31.8 Å². The summed E-state index contributed by atoms with van der Waals surface area (Å²) in [4.78, 5) is 20.7. The monoisotopic (exact) mass is 451 g/mol. The number of aryl methyl sites for hydroxylation is 1. The minimum Gasteiger partial charge on any atom is -0.490 e. The van der Waals surface area contributed by atoms with Gasteiger partial charge in [0.25, 0.3) is 5.56 Å². The molecule has 0 unspecified atom stereocenters. The standard InChI is InChI=1S/C21H20F3N3O3S/c1-13-10-15(5-6-16(13)30-12-20(2,3)29)27-9-8-25-18(19(27)28)31-17-7-4-14(11-26-17)21(22,23)24/h4-11,29H,12H2,1-3H3. The number of alkyl halides is 3. The average Bonchev–Trinajstić information content (AvgIpc) is 2.68. The Labute approximate surface area is 180 Å². The lowest BCUT2D eigenvalue weighted by Crippen LogP contribution is -2.28. The van der Waals surface area contributed by atoms with Gasteiger partial charge in [0, 0.05) is 24.3 Å². The molecule has 0 atom stereocenters. The second kappa shape index (κ2) is 8.72. The van der Waals surface area contributed by atoms with Crippen LogP contribution >= 0.6 is 11.8 Å². The van der Waals surface area contributed by atoms with Crippen LogP contribution < -0.4 is 10.3 Å². The third-order valence-electron chi connectivity index (χ3n) is 4.09. The number of hydrogen-bond acceptors (Lipinski definition) is 6. The molecule has 0 amide bonds. The van der Waals surface area contributed by atoms with Crippen molar-refractivity contribution in [1.29, 1.82) is 0 Å². The second-order valence-electron chi connectivity index (χ2n) is 7.44. The first-order chi connectivity index (χ1) is 14.4. The van der Waals surface area contributed by atoms with Gasteiger partial charge >= 0.3 is 6.18 Å². The van der Waals surface area contributed by atoms with Crippen molar-refractivity contribution in [3.8, 4) is 11.4 Å². The van der Waals surface area contributed by atoms with Crippen LogP contribution in [0.5, 0.6) is 5.75 Å². The van der Waals surface area contributed by atoms with Crippen LogP contribution in [0, 0.1) is 6.92 Å². The Balaban J connectivity index is 1.84. The molecule has 6 nitrogen and oxygen atoms in total. The minimum absolute atomic E-state index is 0.0785. The third kappa shape index (κ3) is 5.86. The van der Waals surface area contributed by atoms with Gasteiger partial charge in [-0.05, 0) is 68.4 Å². The smallest absolute Gasteiger partial charge is 0.417 e. The molecule has 10 heteroatoms. The van der Waals surface area contributed by atoms with Crippen molar-refractivity contribution in [3.63, 3.8) is 0 Å². The predicted molar refractivity (Wildman–Crippen MR) is 110 cm³/mol. The molecule has 0 saturated carbocycles. The number of aliphatic hydroxyl groups is 1. The molecule has 1 N–H and O–H groups in total. The first kappa shape index (κ1) is 22.8. The Morgan fingerprint density at radius 3 is 2.48 bits per heavy atom. The Bertz CT molecular complexity index is 1120. The fourth-order valence-corrected chi connectivity index (χ4v) is 3.31. The molecular formula is C21H20F3N3O3S. The average molecular weight is 451 g/mol. The molecular weight excluding hydrogens is 431 g/mol. The molecule has 3 aromatic rings. The molecule has 1 aromatic carbocycles. The highest BCUT2D eigenvalue weighted by Gasteiger charge is 2.30. The zero-order valence-electron chi connectivity index (χ0n) is 17.0. The number of aromatic nitrogens is 3. The van der Waals surface area contributed by atoms with Crippen LogP contribution in [0.1, 0.15) is 25.0 Å². The van der Waals surface area contributed by atoms with Crippen molar-refractivity contribution in [2.24, 2.45) is 0 Å². The summed E-state index contributed by atoms with van der Waals surface area (Å²) in [5.74, 6) is 0.580. The summed E-state index contributed by atoms with van der Waals surface area (Å²) in [6.45, 7) is 5.20. The summed E-state index contributed by atoms with van der Waals surface area (Å²) < 4.78 is 45.1. The Kier molecular flexibility index (Phi) is 6.42. The number of hydrogen-bond donors (Lipinski definition) is 1. The number of ether oxygens (including phenoxy) is 1. The lowest BCUT2D eigenvalue weighted by atomic mass is 10.1. The molecule has 0 bridgehead atoms. The first-order valence-electron chi connectivity index (χ1n) is 9.19. The number of halogens is 3. The van der Waals surface area contributed by atoms with Gasteiger partial charge in [0.05, 0.1) is 11.2 Å². The maximum absolute atomic E-state index is 12.9.